The zero-order valence-corrected chi connectivity index (χ0v) is 22.9. The first kappa shape index (κ1) is 25.7. The van der Waals surface area contributed by atoms with Crippen LogP contribution < -0.4 is 5.32 Å². The Morgan fingerprint density at radius 2 is 1.65 bits per heavy atom. The lowest BCUT2D eigenvalue weighted by atomic mass is 9.99. The maximum absolute atomic E-state index is 13.5. The van der Waals surface area contributed by atoms with Gasteiger partial charge in [0.15, 0.2) is 0 Å². The van der Waals surface area contributed by atoms with Crippen LogP contribution in [0.15, 0.2) is 73.1 Å². The molecule has 204 valence electrons. The Balaban J connectivity index is 1.23. The van der Waals surface area contributed by atoms with Crippen LogP contribution in [0.25, 0.3) is 44.2 Å². The van der Waals surface area contributed by atoms with E-state index in [-0.39, 0.29) is 17.9 Å². The first-order valence-electron chi connectivity index (χ1n) is 13.7. The fourth-order valence-electron chi connectivity index (χ4n) is 5.72. The lowest BCUT2D eigenvalue weighted by Crippen LogP contribution is -2.51. The van der Waals surface area contributed by atoms with Gasteiger partial charge in [0.1, 0.15) is 6.04 Å². The topological polar surface area (TPSA) is 103 Å². The lowest BCUT2D eigenvalue weighted by molar-refractivity contribution is -0.135. The number of carbonyl (C=O) groups excluding carboxylic acids is 2. The number of fused-ring (bicyclic) bond motifs is 2. The van der Waals surface area contributed by atoms with Crippen molar-refractivity contribution in [2.75, 3.05) is 13.7 Å². The highest BCUT2D eigenvalue weighted by Crippen LogP contribution is 2.35. The summed E-state index contributed by atoms with van der Waals surface area (Å²) in [5, 5.41) is 3.83. The molecule has 1 aliphatic rings. The molecule has 2 atom stereocenters. The van der Waals surface area contributed by atoms with Crippen molar-refractivity contribution in [3.63, 3.8) is 0 Å². The number of ether oxygens (including phenoxy) is 1. The number of methoxy groups -OCH3 is 1. The van der Waals surface area contributed by atoms with Crippen LogP contribution in [-0.2, 0) is 9.53 Å². The summed E-state index contributed by atoms with van der Waals surface area (Å²) in [6, 6.07) is 22.7. The van der Waals surface area contributed by atoms with Crippen molar-refractivity contribution >= 4 is 33.9 Å². The van der Waals surface area contributed by atoms with Crippen molar-refractivity contribution in [3.05, 3.63) is 78.8 Å². The lowest BCUT2D eigenvalue weighted by Gasteiger charge is -2.30. The van der Waals surface area contributed by atoms with Gasteiger partial charge in [0.05, 0.1) is 30.5 Å². The second-order valence-corrected chi connectivity index (χ2v) is 10.8. The molecule has 0 saturated carbocycles. The van der Waals surface area contributed by atoms with Gasteiger partial charge >= 0.3 is 6.09 Å². The van der Waals surface area contributed by atoms with Crippen molar-refractivity contribution in [2.45, 2.75) is 38.8 Å². The Morgan fingerprint density at radius 3 is 2.38 bits per heavy atom. The maximum Gasteiger partial charge on any atom is 0.407 e. The Kier molecular flexibility index (Phi) is 6.76. The number of nitrogens with one attached hydrogen (secondary N) is 3. The van der Waals surface area contributed by atoms with E-state index < -0.39 is 12.1 Å². The van der Waals surface area contributed by atoms with E-state index in [0.717, 1.165) is 62.7 Å². The third-order valence-electron chi connectivity index (χ3n) is 7.90. The van der Waals surface area contributed by atoms with E-state index >= 15 is 0 Å². The van der Waals surface area contributed by atoms with Crippen molar-refractivity contribution in [2.24, 2.45) is 5.92 Å². The summed E-state index contributed by atoms with van der Waals surface area (Å²) in [7, 11) is 1.31. The van der Waals surface area contributed by atoms with Crippen molar-refractivity contribution in [3.8, 4) is 22.3 Å². The van der Waals surface area contributed by atoms with E-state index in [1.165, 1.54) is 7.11 Å². The Labute approximate surface area is 232 Å². The highest BCUT2D eigenvalue weighted by molar-refractivity contribution is 5.89. The fourth-order valence-corrected chi connectivity index (χ4v) is 5.72. The first-order chi connectivity index (χ1) is 19.4. The minimum absolute atomic E-state index is 0.0575. The van der Waals surface area contributed by atoms with Gasteiger partial charge in [-0.1, -0.05) is 50.2 Å². The second kappa shape index (κ2) is 10.5. The van der Waals surface area contributed by atoms with Crippen LogP contribution in [0.4, 0.5) is 4.79 Å². The summed E-state index contributed by atoms with van der Waals surface area (Å²) in [4.78, 5) is 38.3. The number of amides is 2. The maximum atomic E-state index is 13.5. The number of aromatic amines is 2. The summed E-state index contributed by atoms with van der Waals surface area (Å²) in [6.07, 6.45) is 2.92. The van der Waals surface area contributed by atoms with Crippen LogP contribution in [-0.4, -0.2) is 51.5 Å². The number of rotatable bonds is 6. The molecule has 0 unspecified atom stereocenters. The number of hydrogen-bond donors (Lipinski definition) is 3. The molecule has 40 heavy (non-hydrogen) atoms. The third-order valence-corrected chi connectivity index (χ3v) is 7.90. The molecule has 0 radical (unpaired) electrons. The minimum Gasteiger partial charge on any atom is -0.453 e. The molecule has 1 fully saturated rings. The van der Waals surface area contributed by atoms with Crippen molar-refractivity contribution < 1.29 is 14.3 Å². The molecule has 8 nitrogen and oxygen atoms in total. The molecule has 6 rings (SSSR count). The zero-order chi connectivity index (χ0) is 27.8. The molecule has 1 saturated heterocycles. The average Bonchev–Trinajstić information content (AvgIpc) is 3.73. The molecule has 0 aliphatic carbocycles. The molecule has 8 heteroatoms. The van der Waals surface area contributed by atoms with Crippen LogP contribution in [0.5, 0.6) is 0 Å². The zero-order valence-electron chi connectivity index (χ0n) is 22.9. The first-order valence-corrected chi connectivity index (χ1v) is 13.7. The van der Waals surface area contributed by atoms with Crippen LogP contribution in [0, 0.1) is 5.92 Å². The van der Waals surface area contributed by atoms with Gasteiger partial charge in [-0.2, -0.15) is 0 Å². The standard InChI is InChI=1S/C32H33N5O3/c1-19(2)30(36-32(39)40-3)31(38)37-14-4-5-29(37)28-17-24-15-22(10-12-25(24)35-28)20-6-8-21(9-7-20)23-11-13-26-27(16-23)34-18-33-26/h6-13,15-19,29-30,35H,4-5,14H2,1-3H3,(H,33,34)(H,36,39)/t29-,30+/m1/s1. The number of benzene rings is 3. The van der Waals surface area contributed by atoms with Gasteiger partial charge in [-0.25, -0.2) is 9.78 Å². The van der Waals surface area contributed by atoms with Crippen molar-refractivity contribution in [1.82, 2.24) is 25.2 Å². The largest absolute Gasteiger partial charge is 0.453 e. The van der Waals surface area contributed by atoms with E-state index in [1.54, 1.807) is 6.33 Å². The number of imidazole rings is 1. The SMILES string of the molecule is COC(=O)N[C@H](C(=O)N1CCC[C@@H]1c1cc2cc(-c3ccc(-c4ccc5nc[nH]c5c4)cc3)ccc2[nH]1)C(C)C. The highest BCUT2D eigenvalue weighted by Gasteiger charge is 2.36. The Hall–Kier alpha value is -4.59. The molecular weight excluding hydrogens is 502 g/mol. The quantitative estimate of drug-likeness (QED) is 0.233. The summed E-state index contributed by atoms with van der Waals surface area (Å²) in [5.41, 5.74) is 8.61. The smallest absolute Gasteiger partial charge is 0.407 e. The molecule has 2 amide bonds. The van der Waals surface area contributed by atoms with Gasteiger partial charge < -0.3 is 24.9 Å². The molecule has 1 aliphatic heterocycles. The van der Waals surface area contributed by atoms with Crippen LogP contribution in [0.1, 0.15) is 38.4 Å². The molecule has 2 aromatic heterocycles. The van der Waals surface area contributed by atoms with Gasteiger partial charge in [0.2, 0.25) is 5.91 Å². The Bertz CT molecular complexity index is 1680. The third kappa shape index (κ3) is 4.81. The van der Waals surface area contributed by atoms with Crippen LogP contribution >= 0.6 is 0 Å². The second-order valence-electron chi connectivity index (χ2n) is 10.8. The van der Waals surface area contributed by atoms with Gasteiger partial charge in [-0.05, 0) is 71.3 Å². The fraction of sp³-hybridized carbons (Fsp3) is 0.281. The normalized spacial score (nSPS) is 16.1. The molecule has 3 N–H and O–H groups in total. The van der Waals surface area contributed by atoms with E-state index in [2.05, 4.69) is 80.9 Å². The number of alkyl carbamates (subject to hydrolysis) is 1. The van der Waals surface area contributed by atoms with E-state index in [9.17, 15) is 9.59 Å². The molecule has 5 aromatic rings. The van der Waals surface area contributed by atoms with E-state index in [4.69, 9.17) is 4.74 Å². The molecule has 3 heterocycles. The van der Waals surface area contributed by atoms with E-state index in [1.807, 2.05) is 24.8 Å². The monoisotopic (exact) mass is 535 g/mol. The summed E-state index contributed by atoms with van der Waals surface area (Å²) < 4.78 is 4.75. The van der Waals surface area contributed by atoms with Crippen LogP contribution in [0.2, 0.25) is 0 Å². The van der Waals surface area contributed by atoms with Gasteiger partial charge in [-0.15, -0.1) is 0 Å². The highest BCUT2D eigenvalue weighted by atomic mass is 16.5. The number of likely N-dealkylation sites (tertiary alicyclic amines) is 1. The minimum atomic E-state index is -0.631. The van der Waals surface area contributed by atoms with Gasteiger partial charge in [0, 0.05) is 23.1 Å². The van der Waals surface area contributed by atoms with Crippen LogP contribution in [0.3, 0.4) is 0 Å². The van der Waals surface area contributed by atoms with Crippen molar-refractivity contribution in [1.29, 1.82) is 0 Å². The predicted octanol–water partition coefficient (Wildman–Crippen LogP) is 6.42. The number of hydrogen-bond acceptors (Lipinski definition) is 4. The molecule has 0 spiro atoms. The van der Waals surface area contributed by atoms with Gasteiger partial charge in [-0.3, -0.25) is 4.79 Å². The number of nitrogens with zero attached hydrogens (tertiary/aromatic N) is 2. The number of aromatic nitrogens is 3. The summed E-state index contributed by atoms with van der Waals surface area (Å²) in [6.45, 7) is 4.52. The van der Waals surface area contributed by atoms with Gasteiger partial charge in [0.25, 0.3) is 0 Å². The average molecular weight is 536 g/mol. The Morgan fingerprint density at radius 1 is 0.950 bits per heavy atom. The van der Waals surface area contributed by atoms with E-state index in [0.29, 0.717) is 6.54 Å². The predicted molar refractivity (Wildman–Crippen MR) is 157 cm³/mol. The summed E-state index contributed by atoms with van der Waals surface area (Å²) in [5.74, 6) is -0.132. The molecular formula is C32H33N5O3. The molecule has 3 aromatic carbocycles. The molecule has 0 bridgehead atoms. The number of carbonyl (C=O) groups is 2. The summed E-state index contributed by atoms with van der Waals surface area (Å²) >= 11 is 0. The number of H-pyrrole nitrogens is 2.